The number of benzene rings is 2. The highest BCUT2D eigenvalue weighted by molar-refractivity contribution is 7.89. The van der Waals surface area contributed by atoms with Gasteiger partial charge in [-0.2, -0.15) is 13.2 Å². The van der Waals surface area contributed by atoms with Crippen molar-refractivity contribution in [1.82, 2.24) is 4.72 Å². The Morgan fingerprint density at radius 3 is 2.47 bits per heavy atom. The Morgan fingerprint density at radius 2 is 1.78 bits per heavy atom. The van der Waals surface area contributed by atoms with Gasteiger partial charge in [-0.3, -0.25) is 4.79 Å². The van der Waals surface area contributed by atoms with Crippen molar-refractivity contribution >= 4 is 39.3 Å². The summed E-state index contributed by atoms with van der Waals surface area (Å²) in [6.45, 7) is -0.109. The number of hydrogen-bond donors (Lipinski definition) is 2. The second-order valence-corrected chi connectivity index (χ2v) is 8.63. The monoisotopic (exact) mass is 484 g/mol. The van der Waals surface area contributed by atoms with Crippen LogP contribution in [0.1, 0.15) is 17.1 Å². The predicted octanol–water partition coefficient (Wildman–Crippen LogP) is 5.08. The Kier molecular flexibility index (Phi) is 7.07. The summed E-state index contributed by atoms with van der Waals surface area (Å²) in [5, 5.41) is 1.83. The predicted molar refractivity (Wildman–Crippen MR) is 113 cm³/mol. The summed E-state index contributed by atoms with van der Waals surface area (Å²) >= 11 is 5.55. The smallest absolute Gasteiger partial charge is 0.417 e. The molecule has 1 heterocycles. The lowest BCUT2D eigenvalue weighted by molar-refractivity contribution is -0.137. The van der Waals surface area contributed by atoms with Crippen molar-refractivity contribution in [3.63, 3.8) is 0 Å². The van der Waals surface area contributed by atoms with Gasteiger partial charge in [0.1, 0.15) is 11.5 Å². The van der Waals surface area contributed by atoms with E-state index in [4.69, 9.17) is 16.0 Å². The van der Waals surface area contributed by atoms with Gasteiger partial charge in [0, 0.05) is 11.8 Å². The number of carbonyl (C=O) groups is 1. The molecule has 1 amide bonds. The maximum absolute atomic E-state index is 12.9. The maximum Gasteiger partial charge on any atom is 0.417 e. The van der Waals surface area contributed by atoms with E-state index in [1.54, 1.807) is 18.2 Å². The van der Waals surface area contributed by atoms with Crippen LogP contribution < -0.4 is 10.0 Å². The zero-order chi connectivity index (χ0) is 23.4. The topological polar surface area (TPSA) is 88.4 Å². The molecule has 2 aromatic carbocycles. The van der Waals surface area contributed by atoms with Gasteiger partial charge in [0.2, 0.25) is 15.9 Å². The molecule has 0 aliphatic heterocycles. The molecule has 0 atom stereocenters. The van der Waals surface area contributed by atoms with Crippen molar-refractivity contribution in [2.45, 2.75) is 17.6 Å². The van der Waals surface area contributed by atoms with E-state index < -0.39 is 32.7 Å². The lowest BCUT2D eigenvalue weighted by Gasteiger charge is -2.11. The molecule has 0 spiro atoms. The number of hydrogen-bond acceptors (Lipinski definition) is 4. The van der Waals surface area contributed by atoms with E-state index >= 15 is 0 Å². The molecule has 3 rings (SSSR count). The standard InChI is InChI=1S/C21H16ClF3N2O4S/c22-19-10-6-14(12-18(19)21(23,24)25)27-20(28)11-9-15-7-8-16(31-15)13-26-32(29,30)17-4-2-1-3-5-17/h1-12,26H,13H2,(H,27,28)/b11-9+. The third-order valence-electron chi connectivity index (χ3n) is 4.11. The van der Waals surface area contributed by atoms with E-state index in [1.807, 2.05) is 0 Å². The van der Waals surface area contributed by atoms with Gasteiger partial charge in [0.15, 0.2) is 0 Å². The van der Waals surface area contributed by atoms with Crippen molar-refractivity contribution in [1.29, 1.82) is 0 Å². The molecule has 0 aliphatic carbocycles. The van der Waals surface area contributed by atoms with Crippen molar-refractivity contribution in [2.75, 3.05) is 5.32 Å². The zero-order valence-corrected chi connectivity index (χ0v) is 17.8. The molecule has 0 saturated heterocycles. The van der Waals surface area contributed by atoms with Gasteiger partial charge in [-0.05, 0) is 48.5 Å². The first-order valence-corrected chi connectivity index (χ1v) is 10.9. The van der Waals surface area contributed by atoms with E-state index in [-0.39, 0.29) is 22.9 Å². The number of sulfonamides is 1. The fourth-order valence-electron chi connectivity index (χ4n) is 2.59. The summed E-state index contributed by atoms with van der Waals surface area (Å²) in [5.41, 5.74) is -1.14. The minimum Gasteiger partial charge on any atom is -0.460 e. The highest BCUT2D eigenvalue weighted by Crippen LogP contribution is 2.36. The van der Waals surface area contributed by atoms with Crippen molar-refractivity contribution in [3.05, 3.63) is 88.8 Å². The van der Waals surface area contributed by atoms with Crippen molar-refractivity contribution in [2.24, 2.45) is 0 Å². The molecule has 3 aromatic rings. The lowest BCUT2D eigenvalue weighted by atomic mass is 10.2. The molecule has 0 saturated carbocycles. The van der Waals surface area contributed by atoms with Crippen LogP contribution in [-0.4, -0.2) is 14.3 Å². The SMILES string of the molecule is O=C(/C=C/c1ccc(CNS(=O)(=O)c2ccccc2)o1)Nc1ccc(Cl)c(C(F)(F)F)c1. The quantitative estimate of drug-likeness (QED) is 0.458. The van der Waals surface area contributed by atoms with E-state index in [9.17, 15) is 26.4 Å². The molecule has 11 heteroatoms. The van der Waals surface area contributed by atoms with Crippen LogP contribution in [0.2, 0.25) is 5.02 Å². The fourth-order valence-corrected chi connectivity index (χ4v) is 3.83. The first-order valence-electron chi connectivity index (χ1n) is 9.04. The van der Waals surface area contributed by atoms with Gasteiger partial charge in [-0.25, -0.2) is 13.1 Å². The van der Waals surface area contributed by atoms with Crippen LogP contribution in [0.5, 0.6) is 0 Å². The van der Waals surface area contributed by atoms with Gasteiger partial charge in [0.05, 0.1) is 22.0 Å². The van der Waals surface area contributed by atoms with Gasteiger partial charge >= 0.3 is 6.18 Å². The Labute approximate surface area is 186 Å². The van der Waals surface area contributed by atoms with Crippen LogP contribution in [0.15, 0.2) is 76.1 Å². The van der Waals surface area contributed by atoms with E-state index in [0.717, 1.165) is 18.2 Å². The molecular weight excluding hydrogens is 469 g/mol. The number of nitrogens with one attached hydrogen (secondary N) is 2. The first-order chi connectivity index (χ1) is 15.0. The van der Waals surface area contributed by atoms with Crippen LogP contribution in [0.25, 0.3) is 6.08 Å². The summed E-state index contributed by atoms with van der Waals surface area (Å²) in [6, 6.07) is 13.9. The van der Waals surface area contributed by atoms with Crippen LogP contribution in [0.3, 0.4) is 0 Å². The summed E-state index contributed by atoms with van der Waals surface area (Å²) in [7, 11) is -3.71. The largest absolute Gasteiger partial charge is 0.460 e. The van der Waals surface area contributed by atoms with Crippen LogP contribution in [0.4, 0.5) is 18.9 Å². The van der Waals surface area contributed by atoms with Crippen LogP contribution in [-0.2, 0) is 27.5 Å². The Bertz CT molecular complexity index is 1240. The number of furan rings is 1. The fraction of sp³-hybridized carbons (Fsp3) is 0.0952. The second kappa shape index (κ2) is 9.60. The molecule has 32 heavy (non-hydrogen) atoms. The molecule has 168 valence electrons. The zero-order valence-electron chi connectivity index (χ0n) is 16.2. The molecule has 0 unspecified atom stereocenters. The minimum absolute atomic E-state index is 0.0770. The van der Waals surface area contributed by atoms with Gasteiger partial charge in [-0.15, -0.1) is 0 Å². The average Bonchev–Trinajstić information content (AvgIpc) is 3.20. The first kappa shape index (κ1) is 23.6. The lowest BCUT2D eigenvalue weighted by Crippen LogP contribution is -2.22. The highest BCUT2D eigenvalue weighted by atomic mass is 35.5. The number of rotatable bonds is 7. The van der Waals surface area contributed by atoms with Crippen LogP contribution >= 0.6 is 11.6 Å². The third-order valence-corrected chi connectivity index (χ3v) is 5.86. The van der Waals surface area contributed by atoms with Gasteiger partial charge in [0.25, 0.3) is 0 Å². The molecule has 0 bridgehead atoms. The number of amides is 1. The number of anilines is 1. The Balaban J connectivity index is 1.59. The molecule has 6 nitrogen and oxygen atoms in total. The molecule has 0 aliphatic rings. The number of carbonyl (C=O) groups excluding carboxylic acids is 1. The maximum atomic E-state index is 12.9. The third kappa shape index (κ3) is 6.22. The summed E-state index contributed by atoms with van der Waals surface area (Å²) < 4.78 is 71.0. The molecule has 0 fully saturated rings. The highest BCUT2D eigenvalue weighted by Gasteiger charge is 2.33. The summed E-state index contributed by atoms with van der Waals surface area (Å²) in [5.74, 6) is -0.138. The molecule has 1 aromatic heterocycles. The second-order valence-electron chi connectivity index (χ2n) is 6.46. The minimum atomic E-state index is -4.65. The summed E-state index contributed by atoms with van der Waals surface area (Å²) in [6.07, 6.45) is -2.29. The Morgan fingerprint density at radius 1 is 1.06 bits per heavy atom. The molecular formula is C21H16ClF3N2O4S. The van der Waals surface area contributed by atoms with Crippen molar-refractivity contribution in [3.8, 4) is 0 Å². The number of alkyl halides is 3. The summed E-state index contributed by atoms with van der Waals surface area (Å²) in [4.78, 5) is 12.1. The van der Waals surface area contributed by atoms with E-state index in [2.05, 4.69) is 10.0 Å². The average molecular weight is 485 g/mol. The van der Waals surface area contributed by atoms with Crippen LogP contribution in [0, 0.1) is 0 Å². The van der Waals surface area contributed by atoms with E-state index in [0.29, 0.717) is 5.76 Å². The molecule has 0 radical (unpaired) electrons. The van der Waals surface area contributed by atoms with Crippen molar-refractivity contribution < 1.29 is 30.8 Å². The normalized spacial score (nSPS) is 12.2. The number of halogens is 4. The Hall–Kier alpha value is -3.08. The van der Waals surface area contributed by atoms with E-state index in [1.165, 1.54) is 36.4 Å². The van der Waals surface area contributed by atoms with Gasteiger partial charge < -0.3 is 9.73 Å². The molecule has 2 N–H and O–H groups in total. The van der Waals surface area contributed by atoms with Gasteiger partial charge in [-0.1, -0.05) is 29.8 Å².